The maximum atomic E-state index is 12.8. The van der Waals surface area contributed by atoms with Gasteiger partial charge in [0.1, 0.15) is 5.75 Å². The Morgan fingerprint density at radius 1 is 1.14 bits per heavy atom. The summed E-state index contributed by atoms with van der Waals surface area (Å²) in [5.74, 6) is -0.363. The minimum atomic E-state index is -4.53. The van der Waals surface area contributed by atoms with Gasteiger partial charge in [-0.1, -0.05) is 12.1 Å². The molecule has 0 saturated heterocycles. The molecule has 8 heteroatoms. The summed E-state index contributed by atoms with van der Waals surface area (Å²) in [5, 5.41) is 0. The fraction of sp³-hybridized carbons (Fsp3) is 0.571. The zero-order valence-electron chi connectivity index (χ0n) is 12.7. The first-order valence-electron chi connectivity index (χ1n) is 6.56. The number of hydrogen-bond acceptors (Lipinski definition) is 2. The highest BCUT2D eigenvalue weighted by Crippen LogP contribution is 2.28. The summed E-state index contributed by atoms with van der Waals surface area (Å²) in [4.78, 5) is 0. The third kappa shape index (κ3) is 5.24. The van der Waals surface area contributed by atoms with Crippen LogP contribution in [-0.2, 0) is 11.0 Å². The third-order valence-corrected chi connectivity index (χ3v) is 4.41. The monoisotopic (exact) mass is 341 g/mol. The SMILES string of the molecule is C[C@@H](NS(=O)C(C)(C)C)c1ccc(OC(F)(F)C(F)F)cc1. The molecule has 0 aliphatic carbocycles. The van der Waals surface area contributed by atoms with Crippen LogP contribution in [0.3, 0.4) is 0 Å². The van der Waals surface area contributed by atoms with Crippen LogP contribution in [0.2, 0.25) is 0 Å². The molecule has 1 unspecified atom stereocenters. The van der Waals surface area contributed by atoms with Crippen LogP contribution in [0.1, 0.15) is 39.3 Å². The maximum absolute atomic E-state index is 12.8. The maximum Gasteiger partial charge on any atom is 0.461 e. The molecule has 1 aromatic rings. The van der Waals surface area contributed by atoms with Gasteiger partial charge in [0.25, 0.3) is 0 Å². The van der Waals surface area contributed by atoms with Crippen molar-refractivity contribution in [2.75, 3.05) is 0 Å². The minimum absolute atomic E-state index is 0.301. The number of ether oxygens (including phenoxy) is 1. The first-order chi connectivity index (χ1) is 9.93. The topological polar surface area (TPSA) is 38.3 Å². The van der Waals surface area contributed by atoms with Gasteiger partial charge in [0.2, 0.25) is 0 Å². The number of nitrogens with one attached hydrogen (secondary N) is 1. The molecule has 22 heavy (non-hydrogen) atoms. The molecule has 3 nitrogen and oxygen atoms in total. The molecular formula is C14H19F4NO2S. The van der Waals surface area contributed by atoms with Gasteiger partial charge < -0.3 is 4.74 Å². The van der Waals surface area contributed by atoms with E-state index in [-0.39, 0.29) is 11.8 Å². The Labute approximate surface area is 129 Å². The molecule has 126 valence electrons. The number of rotatable bonds is 6. The molecule has 1 aromatic carbocycles. The van der Waals surface area contributed by atoms with E-state index in [1.165, 1.54) is 24.3 Å². The highest BCUT2D eigenvalue weighted by molar-refractivity contribution is 7.84. The lowest BCUT2D eigenvalue weighted by Crippen LogP contribution is -2.35. The van der Waals surface area contributed by atoms with E-state index in [1.807, 2.05) is 20.8 Å². The fourth-order valence-corrected chi connectivity index (χ4v) is 2.24. The Morgan fingerprint density at radius 3 is 2.05 bits per heavy atom. The number of alkyl halides is 4. The van der Waals surface area contributed by atoms with Gasteiger partial charge in [-0.25, -0.2) is 8.93 Å². The molecule has 0 radical (unpaired) electrons. The van der Waals surface area contributed by atoms with Gasteiger partial charge in [-0.2, -0.15) is 17.6 Å². The molecule has 0 aliphatic heterocycles. The molecule has 2 atom stereocenters. The molecule has 0 heterocycles. The number of benzene rings is 1. The molecule has 0 saturated carbocycles. The molecular weight excluding hydrogens is 322 g/mol. The summed E-state index contributed by atoms with van der Waals surface area (Å²) < 4.78 is 68.0. The summed E-state index contributed by atoms with van der Waals surface area (Å²) in [7, 11) is -1.30. The standard InChI is InChI=1S/C14H19F4NO2S/c1-9(19-22(20)13(2,3)4)10-5-7-11(8-6-10)21-14(17,18)12(15)16/h5-9,12,19H,1-4H3/t9-,22?/m1/s1. The van der Waals surface area contributed by atoms with E-state index >= 15 is 0 Å². The predicted molar refractivity (Wildman–Crippen MR) is 77.5 cm³/mol. The molecule has 0 amide bonds. The highest BCUT2D eigenvalue weighted by Gasteiger charge is 2.43. The molecule has 0 spiro atoms. The van der Waals surface area contributed by atoms with Crippen LogP contribution in [0, 0.1) is 0 Å². The van der Waals surface area contributed by atoms with Gasteiger partial charge in [0, 0.05) is 6.04 Å². The van der Waals surface area contributed by atoms with Crippen LogP contribution in [0.15, 0.2) is 24.3 Å². The van der Waals surface area contributed by atoms with E-state index in [0.717, 1.165) is 0 Å². The van der Waals surface area contributed by atoms with Crippen LogP contribution >= 0.6 is 0 Å². The molecule has 1 N–H and O–H groups in total. The predicted octanol–water partition coefficient (Wildman–Crippen LogP) is 4.04. The van der Waals surface area contributed by atoms with Crippen molar-refractivity contribution in [2.24, 2.45) is 0 Å². The summed E-state index contributed by atoms with van der Waals surface area (Å²) in [6.45, 7) is 7.19. The second-order valence-corrected chi connectivity index (χ2v) is 7.75. The van der Waals surface area contributed by atoms with Crippen molar-refractivity contribution in [3.05, 3.63) is 29.8 Å². The van der Waals surface area contributed by atoms with E-state index < -0.39 is 28.3 Å². The van der Waals surface area contributed by atoms with E-state index in [2.05, 4.69) is 9.46 Å². The molecule has 0 fully saturated rings. The Morgan fingerprint density at radius 2 is 1.64 bits per heavy atom. The van der Waals surface area contributed by atoms with Gasteiger partial charge in [0.05, 0.1) is 15.7 Å². The first kappa shape index (κ1) is 18.9. The average Bonchev–Trinajstić information content (AvgIpc) is 2.37. The second-order valence-electron chi connectivity index (χ2n) is 5.75. The van der Waals surface area contributed by atoms with Crippen molar-refractivity contribution in [2.45, 2.75) is 51.0 Å². The normalized spacial score (nSPS) is 15.7. The van der Waals surface area contributed by atoms with Crippen LogP contribution in [-0.4, -0.2) is 21.5 Å². The third-order valence-electron chi connectivity index (χ3n) is 2.73. The summed E-state index contributed by atoms with van der Waals surface area (Å²) in [5.41, 5.74) is 0.672. The summed E-state index contributed by atoms with van der Waals surface area (Å²) >= 11 is 0. The number of halogens is 4. The smallest absolute Gasteiger partial charge is 0.428 e. The van der Waals surface area contributed by atoms with Gasteiger partial charge >= 0.3 is 12.5 Å². The van der Waals surface area contributed by atoms with E-state index in [0.29, 0.717) is 5.56 Å². The summed E-state index contributed by atoms with van der Waals surface area (Å²) in [6, 6.07) is 4.95. The largest absolute Gasteiger partial charge is 0.461 e. The second kappa shape index (κ2) is 6.95. The Bertz CT molecular complexity index is 515. The lowest BCUT2D eigenvalue weighted by Gasteiger charge is -2.22. The van der Waals surface area contributed by atoms with Crippen molar-refractivity contribution in [3.63, 3.8) is 0 Å². The highest BCUT2D eigenvalue weighted by atomic mass is 32.2. The fourth-order valence-electron chi connectivity index (χ4n) is 1.43. The van der Waals surface area contributed by atoms with Crippen molar-refractivity contribution in [3.8, 4) is 5.75 Å². The molecule has 0 bridgehead atoms. The molecule has 1 rings (SSSR count). The van der Waals surface area contributed by atoms with Gasteiger partial charge in [-0.15, -0.1) is 0 Å². The minimum Gasteiger partial charge on any atom is -0.428 e. The van der Waals surface area contributed by atoms with Crippen molar-refractivity contribution >= 4 is 11.0 Å². The Hall–Kier alpha value is -1.15. The number of hydrogen-bond donors (Lipinski definition) is 1. The Kier molecular flexibility index (Phi) is 5.97. The van der Waals surface area contributed by atoms with Gasteiger partial charge in [-0.05, 0) is 45.4 Å². The van der Waals surface area contributed by atoms with E-state index in [1.54, 1.807) is 6.92 Å². The average molecular weight is 341 g/mol. The zero-order valence-corrected chi connectivity index (χ0v) is 13.5. The van der Waals surface area contributed by atoms with E-state index in [9.17, 15) is 21.8 Å². The van der Waals surface area contributed by atoms with Gasteiger partial charge in [-0.3, -0.25) is 0 Å². The van der Waals surface area contributed by atoms with Crippen LogP contribution < -0.4 is 9.46 Å². The first-order valence-corrected chi connectivity index (χ1v) is 7.71. The lowest BCUT2D eigenvalue weighted by molar-refractivity contribution is -0.253. The molecule has 0 aromatic heterocycles. The lowest BCUT2D eigenvalue weighted by atomic mass is 10.1. The van der Waals surface area contributed by atoms with E-state index in [4.69, 9.17) is 0 Å². The van der Waals surface area contributed by atoms with Crippen molar-refractivity contribution in [1.82, 2.24) is 4.72 Å². The van der Waals surface area contributed by atoms with Gasteiger partial charge in [0.15, 0.2) is 0 Å². The summed E-state index contributed by atoms with van der Waals surface area (Å²) in [6.07, 6.45) is -8.43. The van der Waals surface area contributed by atoms with Crippen LogP contribution in [0.5, 0.6) is 5.75 Å². The molecule has 0 aliphatic rings. The quantitative estimate of drug-likeness (QED) is 0.793. The Balaban J connectivity index is 2.75. The van der Waals surface area contributed by atoms with Crippen LogP contribution in [0.4, 0.5) is 17.6 Å². The van der Waals surface area contributed by atoms with Crippen molar-refractivity contribution < 1.29 is 26.5 Å². The zero-order chi connectivity index (χ0) is 17.1. The van der Waals surface area contributed by atoms with Crippen molar-refractivity contribution in [1.29, 1.82) is 0 Å². The van der Waals surface area contributed by atoms with Crippen LogP contribution in [0.25, 0.3) is 0 Å².